The lowest BCUT2D eigenvalue weighted by Crippen LogP contribution is -2.61. The summed E-state index contributed by atoms with van der Waals surface area (Å²) in [6.07, 6.45) is 33.0. The molecule has 268 valence electrons. The number of fused-ring (bicyclic) bond motifs is 7. The number of allylic oxidation sites excluding steroid dienone is 3. The van der Waals surface area contributed by atoms with Gasteiger partial charge in [-0.3, -0.25) is 9.59 Å². The number of carboxylic acids is 2. The van der Waals surface area contributed by atoms with Crippen LogP contribution in [0, 0.1) is 76.9 Å². The van der Waals surface area contributed by atoms with E-state index in [0.717, 1.165) is 56.9 Å². The monoisotopic (exact) mass is 668 g/mol. The Morgan fingerprint density at radius 1 is 0.755 bits per heavy atom. The predicted octanol–water partition coefficient (Wildman–Crippen LogP) is 11.1. The van der Waals surface area contributed by atoms with E-state index in [0.29, 0.717) is 35.0 Å². The fraction of sp³-hybridized carbons (Fsp3) is 0.644. The molecule has 1 aromatic rings. The van der Waals surface area contributed by atoms with Crippen LogP contribution in [0.25, 0.3) is 5.57 Å². The van der Waals surface area contributed by atoms with E-state index in [9.17, 15) is 19.8 Å². The first-order chi connectivity index (χ1) is 23.3. The Labute approximate surface area is 298 Å². The van der Waals surface area contributed by atoms with E-state index in [1.807, 2.05) is 20.8 Å². The minimum Gasteiger partial charge on any atom is -0.481 e. The zero-order chi connectivity index (χ0) is 37.0. The van der Waals surface area contributed by atoms with Gasteiger partial charge in [-0.2, -0.15) is 0 Å². The molecule has 0 aromatic heterocycles. The van der Waals surface area contributed by atoms with Crippen LogP contribution in [-0.2, 0) is 15.0 Å². The third-order valence-corrected chi connectivity index (χ3v) is 14.4. The highest BCUT2D eigenvalue weighted by atomic mass is 16.4. The molecule has 0 saturated heterocycles. The maximum Gasteiger partial charge on any atom is 0.314 e. The maximum atomic E-state index is 12.5. The molecule has 4 heteroatoms. The average Bonchev–Trinajstić information content (AvgIpc) is 3.79. The molecular weight excluding hydrogens is 604 g/mol. The van der Waals surface area contributed by atoms with Crippen LogP contribution in [-0.4, -0.2) is 22.2 Å². The van der Waals surface area contributed by atoms with Crippen LogP contribution in [0.3, 0.4) is 0 Å². The van der Waals surface area contributed by atoms with Crippen molar-refractivity contribution in [3.05, 3.63) is 54.1 Å². The van der Waals surface area contributed by atoms with Crippen molar-refractivity contribution in [2.45, 2.75) is 131 Å². The third-order valence-electron chi connectivity index (χ3n) is 14.4. The summed E-state index contributed by atoms with van der Waals surface area (Å²) >= 11 is 0. The topological polar surface area (TPSA) is 74.6 Å². The highest BCUT2D eigenvalue weighted by Gasteiger charge is 2.66. The first-order valence-corrected chi connectivity index (χ1v) is 18.8. The molecule has 8 atom stereocenters. The van der Waals surface area contributed by atoms with E-state index in [4.69, 9.17) is 0 Å². The van der Waals surface area contributed by atoms with Gasteiger partial charge < -0.3 is 10.2 Å². The van der Waals surface area contributed by atoms with Crippen molar-refractivity contribution in [3.63, 3.8) is 0 Å². The van der Waals surface area contributed by atoms with Gasteiger partial charge in [0.1, 0.15) is 0 Å². The summed E-state index contributed by atoms with van der Waals surface area (Å²) in [6.45, 7) is 19.4. The quantitative estimate of drug-likeness (QED) is 0.247. The zero-order valence-corrected chi connectivity index (χ0v) is 31.6. The molecule has 6 aliphatic rings. The Bertz CT molecular complexity index is 1400. The van der Waals surface area contributed by atoms with Crippen LogP contribution in [0.5, 0.6) is 0 Å². The fourth-order valence-corrected chi connectivity index (χ4v) is 12.4. The minimum atomic E-state index is -0.687. The molecule has 0 bridgehead atoms. The van der Waals surface area contributed by atoms with Crippen molar-refractivity contribution in [2.75, 3.05) is 0 Å². The third kappa shape index (κ3) is 6.32. The molecule has 1 aromatic carbocycles. The molecule has 6 aliphatic carbocycles. The number of hydrogen-bond donors (Lipinski definition) is 2. The normalized spacial score (nSPS) is 36.6. The average molecular weight is 669 g/mol. The van der Waals surface area contributed by atoms with E-state index in [-0.39, 0.29) is 10.8 Å². The van der Waals surface area contributed by atoms with Gasteiger partial charge in [-0.1, -0.05) is 84.4 Å². The van der Waals surface area contributed by atoms with Gasteiger partial charge in [0.25, 0.3) is 0 Å². The number of carboxylic acid groups (broad SMARTS) is 2. The number of terminal acetylenes is 2. The number of aliphatic carboxylic acids is 2. The molecule has 2 N–H and O–H groups in total. The Balaban J connectivity index is 0.000000665. The Morgan fingerprint density at radius 2 is 1.35 bits per heavy atom. The summed E-state index contributed by atoms with van der Waals surface area (Å²) in [7, 11) is 0. The number of benzene rings is 1. The molecular formula is C45H64O4. The lowest BCUT2D eigenvalue weighted by molar-refractivity contribution is -0.187. The Hall–Kier alpha value is -3.24. The van der Waals surface area contributed by atoms with Gasteiger partial charge in [0.05, 0.1) is 10.8 Å². The molecule has 0 aliphatic heterocycles. The van der Waals surface area contributed by atoms with Crippen molar-refractivity contribution in [1.29, 1.82) is 0 Å². The van der Waals surface area contributed by atoms with E-state index in [1.54, 1.807) is 6.08 Å². The standard InChI is InChI=1S/C36H48O4.C3H6.C2H6.2C2H2/c1-32(2)25(22-7-9-23(10-8-22)35(20-21-35)30(37)38)13-17-34(4)28(32)15-18-33(3)26-14-19-36(31(39)40)16-5-6-27(36)24(26)11-12-29(33)34;1-3-2;3*1-2/h7-10,13,24,26-29H,5-6,11-12,14-21H2,1-4H3,(H,37,38)(H,39,40);3H,1H2,2H3;1-2H3;2*1-2H/t24-,26?,27?,28?,29?,33-,34-,36-;;;;/m0..../s1. The van der Waals surface area contributed by atoms with Crippen LogP contribution in [0.15, 0.2) is 43.0 Å². The number of rotatable bonds is 4. The summed E-state index contributed by atoms with van der Waals surface area (Å²) in [5, 5.41) is 20.1. The summed E-state index contributed by atoms with van der Waals surface area (Å²) in [5.74, 6) is 1.75. The lowest BCUT2D eigenvalue weighted by atomic mass is 9.36. The SMILES string of the molecule is C#C.C#C.C=CC.CC.CC1(C)C(c2ccc(C3(C(=O)O)CC3)cc2)=CC[C@@]2(C)C1CC[C@@]1(C)C3CC[C@@]4(C(=O)O)CCCC4[C@H]3CCC12. The lowest BCUT2D eigenvalue weighted by Gasteiger charge is -2.68. The summed E-state index contributed by atoms with van der Waals surface area (Å²) in [6, 6.07) is 8.52. The fourth-order valence-electron chi connectivity index (χ4n) is 12.4. The van der Waals surface area contributed by atoms with Gasteiger partial charge in [-0.15, -0.1) is 32.3 Å². The van der Waals surface area contributed by atoms with E-state index in [1.165, 1.54) is 36.8 Å². The molecule has 4 nitrogen and oxygen atoms in total. The van der Waals surface area contributed by atoms with Crippen molar-refractivity contribution in [2.24, 2.45) is 51.2 Å². The van der Waals surface area contributed by atoms with Gasteiger partial charge in [0.15, 0.2) is 0 Å². The second-order valence-electron chi connectivity index (χ2n) is 16.4. The maximum absolute atomic E-state index is 12.5. The predicted molar refractivity (Wildman–Crippen MR) is 204 cm³/mol. The second-order valence-corrected chi connectivity index (χ2v) is 16.4. The van der Waals surface area contributed by atoms with Crippen molar-refractivity contribution in [1.82, 2.24) is 0 Å². The van der Waals surface area contributed by atoms with Crippen LogP contribution in [0.1, 0.15) is 137 Å². The van der Waals surface area contributed by atoms with Gasteiger partial charge in [0.2, 0.25) is 0 Å². The van der Waals surface area contributed by atoms with Crippen molar-refractivity contribution < 1.29 is 19.8 Å². The zero-order valence-electron chi connectivity index (χ0n) is 31.6. The molecule has 0 heterocycles. The molecule has 5 saturated carbocycles. The van der Waals surface area contributed by atoms with Crippen LogP contribution in [0.4, 0.5) is 0 Å². The van der Waals surface area contributed by atoms with Crippen LogP contribution in [0.2, 0.25) is 0 Å². The van der Waals surface area contributed by atoms with Gasteiger partial charge in [0, 0.05) is 0 Å². The molecule has 4 unspecified atom stereocenters. The van der Waals surface area contributed by atoms with Crippen LogP contribution >= 0.6 is 0 Å². The smallest absolute Gasteiger partial charge is 0.314 e. The molecule has 49 heavy (non-hydrogen) atoms. The summed E-state index contributed by atoms with van der Waals surface area (Å²) < 4.78 is 0. The summed E-state index contributed by atoms with van der Waals surface area (Å²) in [4.78, 5) is 24.4. The summed E-state index contributed by atoms with van der Waals surface area (Å²) in [5.41, 5.74) is 3.17. The molecule has 0 radical (unpaired) electrons. The first kappa shape index (κ1) is 40.2. The highest BCUT2D eigenvalue weighted by molar-refractivity contribution is 5.85. The van der Waals surface area contributed by atoms with Crippen LogP contribution < -0.4 is 0 Å². The molecule has 5 fully saturated rings. The molecule has 0 spiro atoms. The van der Waals surface area contributed by atoms with Gasteiger partial charge in [-0.25, -0.2) is 0 Å². The van der Waals surface area contributed by atoms with Gasteiger partial charge in [-0.05, 0) is 140 Å². The van der Waals surface area contributed by atoms with E-state index < -0.39 is 22.8 Å². The van der Waals surface area contributed by atoms with Gasteiger partial charge >= 0.3 is 11.9 Å². The number of carbonyl (C=O) groups is 2. The largest absolute Gasteiger partial charge is 0.481 e. The second kappa shape index (κ2) is 15.3. The number of hydrogen-bond acceptors (Lipinski definition) is 2. The van der Waals surface area contributed by atoms with Crippen molar-refractivity contribution in [3.8, 4) is 25.7 Å². The Morgan fingerprint density at radius 3 is 1.88 bits per heavy atom. The molecule has 0 amide bonds. The van der Waals surface area contributed by atoms with E-state index in [2.05, 4.69) is 90.3 Å². The van der Waals surface area contributed by atoms with Crippen molar-refractivity contribution >= 4 is 17.5 Å². The highest BCUT2D eigenvalue weighted by Crippen LogP contribution is 2.73. The molecule has 7 rings (SSSR count). The first-order valence-electron chi connectivity index (χ1n) is 18.8. The van der Waals surface area contributed by atoms with E-state index >= 15 is 0 Å². The minimum absolute atomic E-state index is 0.0488. The Kier molecular flexibility index (Phi) is 12.6.